The van der Waals surface area contributed by atoms with Crippen molar-refractivity contribution < 1.29 is 14.3 Å². The standard InChI is InChI=1S/C31H25Br2N3O3/c1-2-34-31(35-30-23(20-37)18-24(32)19-29(30)33)39-28(21-38)17-22-13-15-27(16-14-22)36(25-9-5-3-6-10-25)26-11-7-4-8-12-26/h3-21H,2H2,1H3,(H,34,35)/b28-17+. The summed E-state index contributed by atoms with van der Waals surface area (Å²) in [7, 11) is 0. The Morgan fingerprint density at radius 1 is 0.872 bits per heavy atom. The molecule has 8 heteroatoms. The highest BCUT2D eigenvalue weighted by molar-refractivity contribution is 9.11. The molecule has 4 aromatic rings. The smallest absolute Gasteiger partial charge is 0.294 e. The van der Waals surface area contributed by atoms with Crippen molar-refractivity contribution in [2.75, 3.05) is 16.8 Å². The van der Waals surface area contributed by atoms with Crippen LogP contribution in [0, 0.1) is 0 Å². The van der Waals surface area contributed by atoms with E-state index in [0.717, 1.165) is 33.4 Å². The third-order valence-electron chi connectivity index (χ3n) is 5.57. The van der Waals surface area contributed by atoms with E-state index < -0.39 is 0 Å². The first kappa shape index (κ1) is 28.0. The number of halogens is 2. The first-order valence-electron chi connectivity index (χ1n) is 12.1. The largest absolute Gasteiger partial charge is 0.422 e. The number of para-hydroxylation sites is 2. The summed E-state index contributed by atoms with van der Waals surface area (Å²) >= 11 is 6.83. The van der Waals surface area contributed by atoms with Gasteiger partial charge in [-0.2, -0.15) is 0 Å². The Hall–Kier alpha value is -4.01. The lowest BCUT2D eigenvalue weighted by atomic mass is 10.1. The monoisotopic (exact) mass is 645 g/mol. The van der Waals surface area contributed by atoms with Crippen molar-refractivity contribution in [1.82, 2.24) is 0 Å². The summed E-state index contributed by atoms with van der Waals surface area (Å²) in [6.45, 7) is 2.25. The molecule has 4 rings (SSSR count). The Labute approximate surface area is 244 Å². The van der Waals surface area contributed by atoms with Gasteiger partial charge in [-0.25, -0.2) is 4.99 Å². The summed E-state index contributed by atoms with van der Waals surface area (Å²) in [5, 5.41) is 3.03. The molecule has 1 N–H and O–H groups in total. The minimum Gasteiger partial charge on any atom is -0.422 e. The fourth-order valence-corrected chi connectivity index (χ4v) is 5.21. The molecule has 0 bridgehead atoms. The minimum absolute atomic E-state index is 0.0614. The lowest BCUT2D eigenvalue weighted by Gasteiger charge is -2.25. The maximum atomic E-state index is 11.9. The van der Waals surface area contributed by atoms with Crippen molar-refractivity contribution >= 4 is 79.3 Å². The quantitative estimate of drug-likeness (QED) is 0.0649. The molecule has 6 nitrogen and oxygen atoms in total. The summed E-state index contributed by atoms with van der Waals surface area (Å²) in [5.41, 5.74) is 4.69. The van der Waals surface area contributed by atoms with Crippen molar-refractivity contribution in [3.05, 3.63) is 123 Å². The fraction of sp³-hybridized carbons (Fsp3) is 0.0645. The average molecular weight is 647 g/mol. The maximum absolute atomic E-state index is 11.9. The van der Waals surface area contributed by atoms with Crippen LogP contribution in [0.3, 0.4) is 0 Å². The maximum Gasteiger partial charge on any atom is 0.294 e. The average Bonchev–Trinajstić information content (AvgIpc) is 2.96. The van der Waals surface area contributed by atoms with Gasteiger partial charge in [0.05, 0.1) is 5.69 Å². The van der Waals surface area contributed by atoms with Crippen LogP contribution in [-0.2, 0) is 9.53 Å². The van der Waals surface area contributed by atoms with Gasteiger partial charge in [0.25, 0.3) is 6.02 Å². The second-order valence-corrected chi connectivity index (χ2v) is 10.0. The topological polar surface area (TPSA) is 71.0 Å². The lowest BCUT2D eigenvalue weighted by Crippen LogP contribution is -2.18. The molecule has 0 fully saturated rings. The number of allylic oxidation sites excluding steroid dienone is 1. The number of hydrogen-bond acceptors (Lipinski definition) is 5. The van der Waals surface area contributed by atoms with Gasteiger partial charge in [0, 0.05) is 38.1 Å². The van der Waals surface area contributed by atoms with E-state index in [1.807, 2.05) is 67.6 Å². The SMILES string of the molecule is CCN=C(Nc1c(Br)cc(Br)cc1C=O)O/C(C=O)=C/c1ccc(N(c2ccccc2)c2ccccc2)cc1. The lowest BCUT2D eigenvalue weighted by molar-refractivity contribution is -0.106. The van der Waals surface area contributed by atoms with E-state index in [1.165, 1.54) is 0 Å². The van der Waals surface area contributed by atoms with Crippen LogP contribution in [-0.4, -0.2) is 25.1 Å². The molecule has 0 radical (unpaired) electrons. The zero-order valence-electron chi connectivity index (χ0n) is 21.1. The normalized spacial score (nSPS) is 11.6. The number of aldehydes is 2. The number of hydrogen-bond donors (Lipinski definition) is 1. The zero-order valence-corrected chi connectivity index (χ0v) is 24.2. The highest BCUT2D eigenvalue weighted by Crippen LogP contribution is 2.34. The Kier molecular flexibility index (Phi) is 9.83. The van der Waals surface area contributed by atoms with Gasteiger partial charge in [0.1, 0.15) is 0 Å². The molecule has 0 atom stereocenters. The molecule has 4 aromatic carbocycles. The van der Waals surface area contributed by atoms with E-state index in [-0.39, 0.29) is 11.8 Å². The molecule has 196 valence electrons. The molecule has 0 aliphatic carbocycles. The van der Waals surface area contributed by atoms with E-state index in [0.29, 0.717) is 28.6 Å². The number of aliphatic imine (C=N–C) groups is 1. The molecule has 0 amide bonds. The molecule has 0 heterocycles. The second kappa shape index (κ2) is 13.7. The van der Waals surface area contributed by atoms with E-state index in [1.54, 1.807) is 18.2 Å². The van der Waals surface area contributed by atoms with Gasteiger partial charge in [0.2, 0.25) is 0 Å². The number of rotatable bonds is 9. The van der Waals surface area contributed by atoms with Crippen LogP contribution in [0.25, 0.3) is 6.08 Å². The van der Waals surface area contributed by atoms with Crippen LogP contribution in [0.2, 0.25) is 0 Å². The number of ether oxygens (including phenoxy) is 1. The number of carbonyl (C=O) groups excluding carboxylic acids is 2. The molecule has 0 saturated carbocycles. The van der Waals surface area contributed by atoms with Gasteiger partial charge in [-0.05, 0) is 83.0 Å². The number of benzene rings is 4. The molecule has 0 aliphatic heterocycles. The summed E-state index contributed by atoms with van der Waals surface area (Å²) in [5.74, 6) is 0.0614. The number of anilines is 4. The number of nitrogens with one attached hydrogen (secondary N) is 1. The van der Waals surface area contributed by atoms with Gasteiger partial charge in [0.15, 0.2) is 18.3 Å². The predicted octanol–water partition coefficient (Wildman–Crippen LogP) is 8.54. The van der Waals surface area contributed by atoms with Gasteiger partial charge in [-0.3, -0.25) is 9.59 Å². The molecule has 0 aromatic heterocycles. The third-order valence-corrected chi connectivity index (χ3v) is 6.65. The van der Waals surface area contributed by atoms with Crippen molar-refractivity contribution in [2.24, 2.45) is 4.99 Å². The Morgan fingerprint density at radius 3 is 2.00 bits per heavy atom. The van der Waals surface area contributed by atoms with Crippen LogP contribution >= 0.6 is 31.9 Å². The van der Waals surface area contributed by atoms with Crippen molar-refractivity contribution in [1.29, 1.82) is 0 Å². The van der Waals surface area contributed by atoms with Gasteiger partial charge in [-0.1, -0.05) is 64.5 Å². The highest BCUT2D eigenvalue weighted by Gasteiger charge is 2.14. The summed E-state index contributed by atoms with van der Waals surface area (Å²) in [4.78, 5) is 30.0. The third kappa shape index (κ3) is 7.31. The van der Waals surface area contributed by atoms with Crippen LogP contribution in [0.4, 0.5) is 22.7 Å². The number of amidine groups is 1. The Bertz CT molecular complexity index is 1450. The predicted molar refractivity (Wildman–Crippen MR) is 165 cm³/mol. The number of nitrogens with zero attached hydrogens (tertiary/aromatic N) is 2. The fourth-order valence-electron chi connectivity index (χ4n) is 3.85. The second-order valence-electron chi connectivity index (χ2n) is 8.24. The zero-order chi connectivity index (χ0) is 27.6. The molecule has 0 aliphatic rings. The van der Waals surface area contributed by atoms with E-state index in [9.17, 15) is 9.59 Å². The Morgan fingerprint density at radius 2 is 1.46 bits per heavy atom. The van der Waals surface area contributed by atoms with Crippen molar-refractivity contribution in [3.8, 4) is 0 Å². The van der Waals surface area contributed by atoms with Crippen LogP contribution in [0.1, 0.15) is 22.8 Å². The van der Waals surface area contributed by atoms with Crippen LogP contribution < -0.4 is 10.2 Å². The minimum atomic E-state index is 0.0614. The molecule has 39 heavy (non-hydrogen) atoms. The van der Waals surface area contributed by atoms with Crippen molar-refractivity contribution in [3.63, 3.8) is 0 Å². The van der Waals surface area contributed by atoms with Crippen LogP contribution in [0.5, 0.6) is 0 Å². The summed E-state index contributed by atoms with van der Waals surface area (Å²) < 4.78 is 7.20. The van der Waals surface area contributed by atoms with Crippen molar-refractivity contribution in [2.45, 2.75) is 6.92 Å². The molecule has 0 saturated heterocycles. The van der Waals surface area contributed by atoms with E-state index in [2.05, 4.69) is 71.3 Å². The molecular formula is C31H25Br2N3O3. The summed E-state index contributed by atoms with van der Waals surface area (Å²) in [6.07, 6.45) is 2.99. The van der Waals surface area contributed by atoms with Gasteiger partial charge >= 0.3 is 0 Å². The molecule has 0 unspecified atom stereocenters. The first-order chi connectivity index (χ1) is 19.0. The van der Waals surface area contributed by atoms with Gasteiger partial charge < -0.3 is 15.0 Å². The Balaban J connectivity index is 1.59. The molecule has 0 spiro atoms. The van der Waals surface area contributed by atoms with Gasteiger partial charge in [-0.15, -0.1) is 0 Å². The van der Waals surface area contributed by atoms with E-state index in [4.69, 9.17) is 4.74 Å². The highest BCUT2D eigenvalue weighted by atomic mass is 79.9. The van der Waals surface area contributed by atoms with E-state index >= 15 is 0 Å². The van der Waals surface area contributed by atoms with Crippen LogP contribution in [0.15, 0.2) is 117 Å². The number of carbonyl (C=O) groups is 2. The summed E-state index contributed by atoms with van der Waals surface area (Å²) in [6, 6.07) is 31.6. The first-order valence-corrected chi connectivity index (χ1v) is 13.7. The molecular weight excluding hydrogens is 622 g/mol.